The van der Waals surface area contributed by atoms with Crippen LogP contribution in [-0.4, -0.2) is 19.2 Å². The fourth-order valence-electron chi connectivity index (χ4n) is 2.05. The number of rotatable bonds is 9. The lowest BCUT2D eigenvalue weighted by atomic mass is 10.2. The van der Waals surface area contributed by atoms with Gasteiger partial charge < -0.3 is 14.2 Å². The fourth-order valence-corrected chi connectivity index (χ4v) is 2.05. The topological polar surface area (TPSA) is 44.8 Å². The summed E-state index contributed by atoms with van der Waals surface area (Å²) in [5.41, 5.74) is 1.08. The van der Waals surface area contributed by atoms with Crippen molar-refractivity contribution in [3.63, 3.8) is 0 Å². The third-order valence-corrected chi connectivity index (χ3v) is 3.28. The fraction of sp³-hybridized carbons (Fsp3) is 0.250. The van der Waals surface area contributed by atoms with Gasteiger partial charge in [0, 0.05) is 6.92 Å². The predicted molar refractivity (Wildman–Crippen MR) is 94.5 cm³/mol. The molecule has 0 heterocycles. The molecular formula is C20H22O4. The van der Waals surface area contributed by atoms with E-state index < -0.39 is 0 Å². The van der Waals surface area contributed by atoms with Crippen molar-refractivity contribution in [1.29, 1.82) is 0 Å². The summed E-state index contributed by atoms with van der Waals surface area (Å²) in [6, 6.07) is 14.8. The summed E-state index contributed by atoms with van der Waals surface area (Å²) in [4.78, 5) is 10.8. The van der Waals surface area contributed by atoms with Crippen LogP contribution in [0.1, 0.15) is 25.3 Å². The Labute approximate surface area is 142 Å². The summed E-state index contributed by atoms with van der Waals surface area (Å²) in [5.74, 6) is 1.81. The van der Waals surface area contributed by atoms with E-state index in [1.165, 1.54) is 6.92 Å². The van der Waals surface area contributed by atoms with Crippen LogP contribution in [0.25, 0.3) is 6.08 Å². The number of carbonyl (C=O) groups is 1. The highest BCUT2D eigenvalue weighted by Gasteiger charge is 1.99. The van der Waals surface area contributed by atoms with Gasteiger partial charge in [-0.25, -0.2) is 0 Å². The summed E-state index contributed by atoms with van der Waals surface area (Å²) in [5, 5.41) is 0. The standard InChI is InChI=1S/C20H22O4/c1-3-17-6-8-18(9-7-17)22-14-4-5-15-23-19-10-12-20(13-11-19)24-16(2)21/h3,6-13H,1,4-5,14-15H2,2H3. The number of carbonyl (C=O) groups excluding carboxylic acids is 1. The Bertz CT molecular complexity index is 644. The number of benzene rings is 2. The van der Waals surface area contributed by atoms with E-state index in [0.29, 0.717) is 19.0 Å². The molecule has 0 atom stereocenters. The van der Waals surface area contributed by atoms with Crippen molar-refractivity contribution in [3.05, 3.63) is 60.7 Å². The van der Waals surface area contributed by atoms with E-state index in [9.17, 15) is 4.79 Å². The number of unbranched alkanes of at least 4 members (excludes halogenated alkanes) is 1. The Hall–Kier alpha value is -2.75. The second kappa shape index (κ2) is 9.40. The van der Waals surface area contributed by atoms with Crippen LogP contribution in [0.5, 0.6) is 17.2 Å². The summed E-state index contributed by atoms with van der Waals surface area (Å²) >= 11 is 0. The average Bonchev–Trinajstić information content (AvgIpc) is 2.59. The SMILES string of the molecule is C=Cc1ccc(OCCCCOc2ccc(OC(C)=O)cc2)cc1. The van der Waals surface area contributed by atoms with Crippen molar-refractivity contribution < 1.29 is 19.0 Å². The Balaban J connectivity index is 1.60. The van der Waals surface area contributed by atoms with E-state index >= 15 is 0 Å². The van der Waals surface area contributed by atoms with Gasteiger partial charge in [-0.2, -0.15) is 0 Å². The molecule has 0 aromatic heterocycles. The molecule has 2 aromatic rings. The van der Waals surface area contributed by atoms with Crippen LogP contribution >= 0.6 is 0 Å². The van der Waals surface area contributed by atoms with E-state index in [0.717, 1.165) is 29.9 Å². The van der Waals surface area contributed by atoms with Crippen LogP contribution in [0.15, 0.2) is 55.1 Å². The molecule has 4 nitrogen and oxygen atoms in total. The minimum atomic E-state index is -0.331. The summed E-state index contributed by atoms with van der Waals surface area (Å²) in [7, 11) is 0. The van der Waals surface area contributed by atoms with Crippen LogP contribution in [0, 0.1) is 0 Å². The highest BCUT2D eigenvalue weighted by Crippen LogP contribution is 2.18. The van der Waals surface area contributed by atoms with Crippen molar-refractivity contribution in [2.24, 2.45) is 0 Å². The lowest BCUT2D eigenvalue weighted by Crippen LogP contribution is -2.03. The van der Waals surface area contributed by atoms with Crippen LogP contribution in [-0.2, 0) is 4.79 Å². The minimum absolute atomic E-state index is 0.331. The van der Waals surface area contributed by atoms with Gasteiger partial charge in [0.25, 0.3) is 0 Å². The molecule has 0 fully saturated rings. The Morgan fingerprint density at radius 2 is 1.33 bits per heavy atom. The number of hydrogen-bond acceptors (Lipinski definition) is 4. The lowest BCUT2D eigenvalue weighted by Gasteiger charge is -2.08. The van der Waals surface area contributed by atoms with Crippen molar-refractivity contribution >= 4 is 12.0 Å². The van der Waals surface area contributed by atoms with Gasteiger partial charge in [-0.15, -0.1) is 0 Å². The maximum atomic E-state index is 10.8. The zero-order chi connectivity index (χ0) is 17.2. The molecule has 0 aliphatic heterocycles. The largest absolute Gasteiger partial charge is 0.494 e. The number of ether oxygens (including phenoxy) is 3. The first-order chi connectivity index (χ1) is 11.7. The Morgan fingerprint density at radius 1 is 0.875 bits per heavy atom. The Morgan fingerprint density at radius 3 is 1.79 bits per heavy atom. The molecule has 0 aliphatic carbocycles. The molecule has 0 unspecified atom stereocenters. The van der Waals surface area contributed by atoms with E-state index in [1.807, 2.05) is 24.3 Å². The first kappa shape index (κ1) is 17.6. The molecule has 2 rings (SSSR count). The molecule has 0 amide bonds. The zero-order valence-corrected chi connectivity index (χ0v) is 13.9. The molecule has 0 spiro atoms. The van der Waals surface area contributed by atoms with E-state index in [1.54, 1.807) is 30.3 Å². The van der Waals surface area contributed by atoms with E-state index in [-0.39, 0.29) is 5.97 Å². The van der Waals surface area contributed by atoms with Gasteiger partial charge in [-0.3, -0.25) is 4.79 Å². The molecule has 24 heavy (non-hydrogen) atoms. The van der Waals surface area contributed by atoms with Crippen molar-refractivity contribution in [1.82, 2.24) is 0 Å². The van der Waals surface area contributed by atoms with Gasteiger partial charge in [0.15, 0.2) is 0 Å². The average molecular weight is 326 g/mol. The summed E-state index contributed by atoms with van der Waals surface area (Å²) in [6.07, 6.45) is 3.62. The van der Waals surface area contributed by atoms with E-state index in [2.05, 4.69) is 6.58 Å². The van der Waals surface area contributed by atoms with Gasteiger partial charge in [-0.1, -0.05) is 24.8 Å². The predicted octanol–water partition coefficient (Wildman–Crippen LogP) is 4.49. The monoisotopic (exact) mass is 326 g/mol. The van der Waals surface area contributed by atoms with Gasteiger partial charge in [0.1, 0.15) is 17.2 Å². The number of hydrogen-bond donors (Lipinski definition) is 0. The maximum absolute atomic E-state index is 10.8. The first-order valence-electron chi connectivity index (χ1n) is 7.94. The lowest BCUT2D eigenvalue weighted by molar-refractivity contribution is -0.131. The molecule has 0 N–H and O–H groups in total. The third-order valence-electron chi connectivity index (χ3n) is 3.28. The van der Waals surface area contributed by atoms with Crippen LogP contribution < -0.4 is 14.2 Å². The van der Waals surface area contributed by atoms with Crippen LogP contribution in [0.2, 0.25) is 0 Å². The van der Waals surface area contributed by atoms with Gasteiger partial charge >= 0.3 is 5.97 Å². The highest BCUT2D eigenvalue weighted by molar-refractivity contribution is 5.69. The van der Waals surface area contributed by atoms with Gasteiger partial charge in [-0.05, 0) is 54.8 Å². The smallest absolute Gasteiger partial charge is 0.308 e. The molecule has 0 radical (unpaired) electrons. The molecule has 126 valence electrons. The molecular weight excluding hydrogens is 304 g/mol. The molecule has 0 aliphatic rings. The van der Waals surface area contributed by atoms with E-state index in [4.69, 9.17) is 14.2 Å². The third kappa shape index (κ3) is 6.16. The zero-order valence-electron chi connectivity index (χ0n) is 13.9. The highest BCUT2D eigenvalue weighted by atomic mass is 16.5. The Kier molecular flexibility index (Phi) is 6.90. The van der Waals surface area contributed by atoms with Crippen molar-refractivity contribution in [3.8, 4) is 17.2 Å². The van der Waals surface area contributed by atoms with Crippen molar-refractivity contribution in [2.75, 3.05) is 13.2 Å². The molecule has 0 saturated carbocycles. The summed E-state index contributed by atoms with van der Waals surface area (Å²) in [6.45, 7) is 6.37. The number of esters is 1. The maximum Gasteiger partial charge on any atom is 0.308 e. The quantitative estimate of drug-likeness (QED) is 0.387. The van der Waals surface area contributed by atoms with Crippen LogP contribution in [0.4, 0.5) is 0 Å². The van der Waals surface area contributed by atoms with Gasteiger partial charge in [0.05, 0.1) is 13.2 Å². The first-order valence-corrected chi connectivity index (χ1v) is 7.94. The van der Waals surface area contributed by atoms with Crippen molar-refractivity contribution in [2.45, 2.75) is 19.8 Å². The summed E-state index contributed by atoms with van der Waals surface area (Å²) < 4.78 is 16.3. The molecule has 2 aromatic carbocycles. The molecule has 4 heteroatoms. The second-order valence-corrected chi connectivity index (χ2v) is 5.24. The molecule has 0 bridgehead atoms. The second-order valence-electron chi connectivity index (χ2n) is 5.24. The molecule has 0 saturated heterocycles. The van der Waals surface area contributed by atoms with Gasteiger partial charge in [0.2, 0.25) is 0 Å². The normalized spacial score (nSPS) is 10.0. The minimum Gasteiger partial charge on any atom is -0.494 e. The van der Waals surface area contributed by atoms with Crippen LogP contribution in [0.3, 0.4) is 0 Å².